The fourth-order valence-corrected chi connectivity index (χ4v) is 2.73. The molecule has 0 saturated heterocycles. The Morgan fingerprint density at radius 1 is 1.31 bits per heavy atom. The molecule has 0 bridgehead atoms. The maximum atomic E-state index is 5.89. The summed E-state index contributed by atoms with van der Waals surface area (Å²) < 4.78 is 7.67. The van der Waals surface area contributed by atoms with Gasteiger partial charge in [-0.1, -0.05) is 11.6 Å². The first-order valence-electron chi connectivity index (χ1n) is 8.79. The van der Waals surface area contributed by atoms with Crippen molar-refractivity contribution in [1.82, 2.24) is 20.0 Å². The lowest BCUT2D eigenvalue weighted by molar-refractivity contribution is 0.281. The van der Waals surface area contributed by atoms with E-state index < -0.39 is 0 Å². The quantitative estimate of drug-likeness (QED) is 0.594. The molecule has 2 rings (SSSR count). The molecule has 1 aromatic heterocycles. The van der Waals surface area contributed by atoms with Gasteiger partial charge < -0.3 is 15.0 Å². The van der Waals surface area contributed by atoms with Crippen LogP contribution in [0.25, 0.3) is 0 Å². The molecule has 0 atom stereocenters. The number of halogens is 1. The normalized spacial score (nSPS) is 11.5. The van der Waals surface area contributed by atoms with Gasteiger partial charge in [0.05, 0.1) is 18.8 Å². The Morgan fingerprint density at radius 3 is 2.58 bits per heavy atom. The smallest absolute Gasteiger partial charge is 0.194 e. The van der Waals surface area contributed by atoms with E-state index in [9.17, 15) is 0 Å². The summed E-state index contributed by atoms with van der Waals surface area (Å²) in [6, 6.07) is 7.39. The van der Waals surface area contributed by atoms with Gasteiger partial charge in [-0.3, -0.25) is 4.68 Å². The van der Waals surface area contributed by atoms with Crippen LogP contribution < -0.4 is 10.1 Å². The second kappa shape index (κ2) is 9.48. The van der Waals surface area contributed by atoms with Crippen LogP contribution in [-0.2, 0) is 13.6 Å². The molecule has 1 N–H and O–H groups in total. The summed E-state index contributed by atoms with van der Waals surface area (Å²) in [6.45, 7) is 8.86. The third-order valence-corrected chi connectivity index (χ3v) is 4.50. The third-order valence-electron chi connectivity index (χ3n) is 4.25. The predicted octanol–water partition coefficient (Wildman–Crippen LogP) is 3.17. The number of aryl methyl sites for hydroxylation is 2. The molecule has 0 saturated carbocycles. The van der Waals surface area contributed by atoms with E-state index in [1.165, 1.54) is 5.56 Å². The molecule has 142 valence electrons. The Labute approximate surface area is 160 Å². The minimum atomic E-state index is 0.563. The van der Waals surface area contributed by atoms with Crippen LogP contribution in [0.4, 0.5) is 0 Å². The Morgan fingerprint density at radius 2 is 2.00 bits per heavy atom. The first-order valence-corrected chi connectivity index (χ1v) is 9.17. The number of hydrogen-bond donors (Lipinski definition) is 1. The van der Waals surface area contributed by atoms with Crippen molar-refractivity contribution in [2.45, 2.75) is 27.3 Å². The van der Waals surface area contributed by atoms with Crippen molar-refractivity contribution in [2.24, 2.45) is 12.0 Å². The van der Waals surface area contributed by atoms with Crippen LogP contribution in [0.1, 0.15) is 23.9 Å². The number of nitrogens with one attached hydrogen (secondary N) is 1. The summed E-state index contributed by atoms with van der Waals surface area (Å²) in [6.07, 6.45) is 0. The second-order valence-corrected chi connectivity index (χ2v) is 6.60. The molecule has 0 aliphatic heterocycles. The largest absolute Gasteiger partial charge is 0.492 e. The fourth-order valence-electron chi connectivity index (χ4n) is 2.61. The highest BCUT2D eigenvalue weighted by Gasteiger charge is 2.11. The fraction of sp³-hybridized carbons (Fsp3) is 0.474. The van der Waals surface area contributed by atoms with Crippen LogP contribution in [0, 0.1) is 13.8 Å². The van der Waals surface area contributed by atoms with Crippen molar-refractivity contribution in [2.75, 3.05) is 26.7 Å². The molecular formula is C19H28ClN5O. The van der Waals surface area contributed by atoms with Crippen molar-refractivity contribution in [3.63, 3.8) is 0 Å². The van der Waals surface area contributed by atoms with Gasteiger partial charge in [0.2, 0.25) is 0 Å². The Bertz CT molecular complexity index is 739. The van der Waals surface area contributed by atoms with Crippen LogP contribution in [0.2, 0.25) is 5.02 Å². The second-order valence-electron chi connectivity index (χ2n) is 6.17. The van der Waals surface area contributed by atoms with Crippen LogP contribution in [0.15, 0.2) is 29.3 Å². The van der Waals surface area contributed by atoms with Crippen molar-refractivity contribution in [3.8, 4) is 5.75 Å². The zero-order valence-corrected chi connectivity index (χ0v) is 17.0. The maximum absolute atomic E-state index is 5.89. The number of hydrogen-bond acceptors (Lipinski definition) is 3. The van der Waals surface area contributed by atoms with Gasteiger partial charge in [0.25, 0.3) is 0 Å². The lowest BCUT2D eigenvalue weighted by Gasteiger charge is -2.22. The average molecular weight is 378 g/mol. The number of guanidine groups is 1. The molecule has 0 fully saturated rings. The molecule has 0 aliphatic carbocycles. The molecule has 26 heavy (non-hydrogen) atoms. The van der Waals surface area contributed by atoms with Crippen LogP contribution >= 0.6 is 11.6 Å². The van der Waals surface area contributed by atoms with Gasteiger partial charge >= 0.3 is 0 Å². The van der Waals surface area contributed by atoms with E-state index in [1.807, 2.05) is 50.0 Å². The van der Waals surface area contributed by atoms with Gasteiger partial charge in [0.1, 0.15) is 12.4 Å². The van der Waals surface area contributed by atoms with Crippen LogP contribution in [0.5, 0.6) is 5.75 Å². The molecule has 1 aromatic carbocycles. The Kier molecular flexibility index (Phi) is 7.33. The van der Waals surface area contributed by atoms with Crippen molar-refractivity contribution >= 4 is 17.6 Å². The van der Waals surface area contributed by atoms with E-state index >= 15 is 0 Å². The highest BCUT2D eigenvalue weighted by atomic mass is 35.5. The summed E-state index contributed by atoms with van der Waals surface area (Å²) >= 11 is 5.89. The highest BCUT2D eigenvalue weighted by molar-refractivity contribution is 6.30. The van der Waals surface area contributed by atoms with Gasteiger partial charge in [-0.2, -0.15) is 5.10 Å². The van der Waals surface area contributed by atoms with Gasteiger partial charge in [-0.15, -0.1) is 0 Å². The molecule has 0 spiro atoms. The van der Waals surface area contributed by atoms with Gasteiger partial charge in [-0.05, 0) is 45.0 Å². The number of rotatable bonds is 7. The molecule has 0 aliphatic rings. The molecule has 0 amide bonds. The lowest BCUT2D eigenvalue weighted by Crippen LogP contribution is -2.40. The Hall–Kier alpha value is -2.21. The van der Waals surface area contributed by atoms with E-state index in [0.717, 1.165) is 36.2 Å². The highest BCUT2D eigenvalue weighted by Crippen LogP contribution is 2.15. The topological polar surface area (TPSA) is 54.7 Å². The molecule has 0 unspecified atom stereocenters. The van der Waals surface area contributed by atoms with Gasteiger partial charge in [0, 0.05) is 36.9 Å². The minimum absolute atomic E-state index is 0.563. The zero-order chi connectivity index (χ0) is 19.1. The number of aliphatic imine (C=N–C) groups is 1. The van der Waals surface area contributed by atoms with Gasteiger partial charge in [0.15, 0.2) is 5.96 Å². The maximum Gasteiger partial charge on any atom is 0.194 e. The summed E-state index contributed by atoms with van der Waals surface area (Å²) in [4.78, 5) is 6.83. The van der Waals surface area contributed by atoms with E-state index in [1.54, 1.807) is 0 Å². The van der Waals surface area contributed by atoms with Crippen LogP contribution in [-0.4, -0.2) is 47.4 Å². The molecule has 7 heteroatoms. The van der Waals surface area contributed by atoms with E-state index in [4.69, 9.17) is 21.3 Å². The summed E-state index contributed by atoms with van der Waals surface area (Å²) in [5.41, 5.74) is 3.35. The standard InChI is InChI=1S/C19H28ClN5O/c1-6-21-19(22-13-18-14(2)23-25(5)15(18)3)24(4)11-12-26-17-9-7-16(20)8-10-17/h7-10H,6,11-13H2,1-5H3,(H,21,22). The molecule has 2 aromatic rings. The SMILES string of the molecule is CCNC(=NCc1c(C)nn(C)c1C)N(C)CCOc1ccc(Cl)cc1. The van der Waals surface area contributed by atoms with Crippen molar-refractivity contribution in [1.29, 1.82) is 0 Å². The summed E-state index contributed by atoms with van der Waals surface area (Å²) in [5.74, 6) is 1.67. The molecular weight excluding hydrogens is 350 g/mol. The summed E-state index contributed by atoms with van der Waals surface area (Å²) in [5, 5.41) is 8.49. The number of aromatic nitrogens is 2. The zero-order valence-electron chi connectivity index (χ0n) is 16.2. The average Bonchev–Trinajstić information content (AvgIpc) is 2.85. The summed E-state index contributed by atoms with van der Waals surface area (Å²) in [7, 11) is 3.97. The van der Waals surface area contributed by atoms with E-state index in [-0.39, 0.29) is 0 Å². The molecule has 6 nitrogen and oxygen atoms in total. The van der Waals surface area contributed by atoms with E-state index in [2.05, 4.69) is 29.2 Å². The van der Waals surface area contributed by atoms with Gasteiger partial charge in [-0.25, -0.2) is 4.99 Å². The van der Waals surface area contributed by atoms with Crippen LogP contribution in [0.3, 0.4) is 0 Å². The lowest BCUT2D eigenvalue weighted by atomic mass is 10.2. The molecule has 0 radical (unpaired) electrons. The first-order chi connectivity index (χ1) is 12.4. The number of likely N-dealkylation sites (N-methyl/N-ethyl adjacent to an activating group) is 1. The number of benzene rings is 1. The molecule has 1 heterocycles. The van der Waals surface area contributed by atoms with Crippen molar-refractivity contribution in [3.05, 3.63) is 46.2 Å². The number of nitrogens with zero attached hydrogens (tertiary/aromatic N) is 4. The number of ether oxygens (including phenoxy) is 1. The van der Waals surface area contributed by atoms with Crippen molar-refractivity contribution < 1.29 is 4.74 Å². The third kappa shape index (κ3) is 5.39. The first kappa shape index (κ1) is 20.1. The monoisotopic (exact) mass is 377 g/mol. The predicted molar refractivity (Wildman–Crippen MR) is 107 cm³/mol. The minimum Gasteiger partial charge on any atom is -0.492 e. The Balaban J connectivity index is 1.95. The van der Waals surface area contributed by atoms with E-state index in [0.29, 0.717) is 18.2 Å².